The molecule has 1 saturated heterocycles. The van der Waals surface area contributed by atoms with E-state index in [0.717, 1.165) is 35.6 Å². The van der Waals surface area contributed by atoms with E-state index in [1.807, 2.05) is 36.3 Å². The lowest BCUT2D eigenvalue weighted by molar-refractivity contribution is -0.120. The third-order valence-electron chi connectivity index (χ3n) is 6.04. The maximum Gasteiger partial charge on any atom is 0.246 e. The van der Waals surface area contributed by atoms with Gasteiger partial charge in [-0.1, -0.05) is 0 Å². The van der Waals surface area contributed by atoms with E-state index in [-0.39, 0.29) is 18.6 Å². The number of piperazine rings is 1. The van der Waals surface area contributed by atoms with Crippen LogP contribution < -0.4 is 19.7 Å². The second-order valence-corrected chi connectivity index (χ2v) is 8.24. The van der Waals surface area contributed by atoms with Crippen molar-refractivity contribution in [2.45, 2.75) is 38.3 Å². The van der Waals surface area contributed by atoms with E-state index in [9.17, 15) is 4.79 Å². The van der Waals surface area contributed by atoms with Crippen LogP contribution in [0.5, 0.6) is 11.5 Å². The van der Waals surface area contributed by atoms with Crippen molar-refractivity contribution in [3.63, 3.8) is 0 Å². The molecule has 2 aliphatic rings. The number of carbonyl (C=O) groups is 1. The van der Waals surface area contributed by atoms with Crippen molar-refractivity contribution in [2.24, 2.45) is 12.0 Å². The first-order valence-electron chi connectivity index (χ1n) is 11.2. The number of aromatic nitrogens is 2. The summed E-state index contributed by atoms with van der Waals surface area (Å²) < 4.78 is 13.4. The Morgan fingerprint density at radius 2 is 2.09 bits per heavy atom. The van der Waals surface area contributed by atoms with Gasteiger partial charge in [0.15, 0.2) is 5.96 Å². The number of nitrogens with one attached hydrogen (secondary N) is 1. The Balaban J connectivity index is 1.40. The minimum atomic E-state index is 0.0295. The molecule has 1 aromatic heterocycles. The van der Waals surface area contributed by atoms with Gasteiger partial charge in [-0.05, 0) is 37.8 Å². The molecular weight excluding hydrogens is 408 g/mol. The van der Waals surface area contributed by atoms with Gasteiger partial charge in [0.2, 0.25) is 5.91 Å². The van der Waals surface area contributed by atoms with E-state index in [1.54, 1.807) is 29.9 Å². The minimum Gasteiger partial charge on any atom is -0.497 e. The zero-order valence-electron chi connectivity index (χ0n) is 19.1. The lowest BCUT2D eigenvalue weighted by Crippen LogP contribution is -2.55. The Kier molecular flexibility index (Phi) is 6.82. The van der Waals surface area contributed by atoms with Crippen LogP contribution in [0.25, 0.3) is 0 Å². The predicted octanol–water partition coefficient (Wildman–Crippen LogP) is 2.17. The maximum absolute atomic E-state index is 12.8. The summed E-state index contributed by atoms with van der Waals surface area (Å²) >= 11 is 0. The Labute approximate surface area is 189 Å². The largest absolute Gasteiger partial charge is 0.497 e. The number of carbonyl (C=O) groups excluding carboxylic acids is 1. The van der Waals surface area contributed by atoms with Crippen LogP contribution in [0.15, 0.2) is 35.6 Å². The van der Waals surface area contributed by atoms with Crippen LogP contribution in [0.1, 0.15) is 31.2 Å². The molecule has 0 bridgehead atoms. The second-order valence-electron chi connectivity index (χ2n) is 8.24. The van der Waals surface area contributed by atoms with Crippen molar-refractivity contribution in [3.05, 3.63) is 36.2 Å². The van der Waals surface area contributed by atoms with Gasteiger partial charge in [0.25, 0.3) is 0 Å². The molecule has 1 N–H and O–H groups in total. The molecule has 1 aromatic carbocycles. The fraction of sp³-hybridized carbons (Fsp3) is 0.522. The van der Waals surface area contributed by atoms with Gasteiger partial charge >= 0.3 is 0 Å². The molecule has 32 heavy (non-hydrogen) atoms. The summed E-state index contributed by atoms with van der Waals surface area (Å²) in [5, 5.41) is 7.57. The molecule has 2 heterocycles. The van der Waals surface area contributed by atoms with E-state index in [4.69, 9.17) is 9.47 Å². The Morgan fingerprint density at radius 1 is 1.28 bits per heavy atom. The number of methoxy groups -OCH3 is 1. The average Bonchev–Trinajstić information content (AvgIpc) is 3.47. The number of benzene rings is 1. The molecule has 2 aromatic rings. The van der Waals surface area contributed by atoms with E-state index in [0.29, 0.717) is 25.6 Å². The van der Waals surface area contributed by atoms with Gasteiger partial charge in [0, 0.05) is 51.6 Å². The third-order valence-corrected chi connectivity index (χ3v) is 6.04. The number of guanidine groups is 1. The summed E-state index contributed by atoms with van der Waals surface area (Å²) in [4.78, 5) is 20.9. The van der Waals surface area contributed by atoms with Gasteiger partial charge < -0.3 is 24.6 Å². The molecule has 1 saturated carbocycles. The van der Waals surface area contributed by atoms with E-state index >= 15 is 0 Å². The monoisotopic (exact) mass is 440 g/mol. The first-order chi connectivity index (χ1) is 15.6. The average molecular weight is 441 g/mol. The lowest BCUT2D eigenvalue weighted by Gasteiger charge is -2.35. The molecule has 2 fully saturated rings. The lowest BCUT2D eigenvalue weighted by atomic mass is 10.1. The fourth-order valence-electron chi connectivity index (χ4n) is 4.28. The highest BCUT2D eigenvalue weighted by Crippen LogP contribution is 2.30. The number of amides is 1. The van der Waals surface area contributed by atoms with Crippen LogP contribution >= 0.6 is 0 Å². The summed E-state index contributed by atoms with van der Waals surface area (Å²) in [6.07, 6.45) is 8.46. The molecule has 9 nitrogen and oxygen atoms in total. The highest BCUT2D eigenvalue weighted by atomic mass is 16.5. The normalized spacial score (nSPS) is 17.7. The summed E-state index contributed by atoms with van der Waals surface area (Å²) in [5.74, 6) is 2.36. The molecule has 0 atom stereocenters. The van der Waals surface area contributed by atoms with Crippen molar-refractivity contribution in [2.75, 3.05) is 38.7 Å². The number of anilines is 1. The topological polar surface area (TPSA) is 84.2 Å². The molecule has 0 radical (unpaired) electrons. The predicted molar refractivity (Wildman–Crippen MR) is 123 cm³/mol. The zero-order valence-corrected chi connectivity index (χ0v) is 19.1. The van der Waals surface area contributed by atoms with Crippen LogP contribution in [0.2, 0.25) is 0 Å². The highest BCUT2D eigenvalue weighted by Gasteiger charge is 2.28. The van der Waals surface area contributed by atoms with Gasteiger partial charge in [-0.25, -0.2) is 0 Å². The summed E-state index contributed by atoms with van der Waals surface area (Å²) in [6, 6.07) is 5.92. The van der Waals surface area contributed by atoms with E-state index in [1.165, 1.54) is 12.8 Å². The number of aliphatic imine (C=N–C) groups is 1. The fourth-order valence-corrected chi connectivity index (χ4v) is 4.28. The highest BCUT2D eigenvalue weighted by molar-refractivity contribution is 5.98. The van der Waals surface area contributed by atoms with Crippen molar-refractivity contribution >= 4 is 17.6 Å². The van der Waals surface area contributed by atoms with E-state index in [2.05, 4.69) is 15.4 Å². The van der Waals surface area contributed by atoms with Crippen LogP contribution in [0.4, 0.5) is 5.69 Å². The number of hydrogen-bond acceptors (Lipinski definition) is 5. The van der Waals surface area contributed by atoms with Crippen LogP contribution in [-0.4, -0.2) is 66.4 Å². The number of hydrogen-bond donors (Lipinski definition) is 1. The van der Waals surface area contributed by atoms with Crippen molar-refractivity contribution in [1.29, 1.82) is 0 Å². The molecule has 0 spiro atoms. The molecular formula is C23H32N6O3. The summed E-state index contributed by atoms with van der Waals surface area (Å²) in [6.45, 7) is 2.09. The molecule has 1 aliphatic heterocycles. The van der Waals surface area contributed by atoms with Crippen LogP contribution in [-0.2, 0) is 18.4 Å². The first kappa shape index (κ1) is 22.0. The SMILES string of the molecule is CN=C(NCc1ccc(OC)cc1OC1CCCC1)N1CCN(c2cnn(C)c2)C(=O)C1. The molecule has 0 unspecified atom stereocenters. The van der Waals surface area contributed by atoms with Gasteiger partial charge in [0.05, 0.1) is 25.1 Å². The zero-order chi connectivity index (χ0) is 22.5. The van der Waals surface area contributed by atoms with Gasteiger partial charge in [-0.15, -0.1) is 0 Å². The molecule has 9 heteroatoms. The Morgan fingerprint density at radius 3 is 2.75 bits per heavy atom. The van der Waals surface area contributed by atoms with Crippen LogP contribution in [0, 0.1) is 0 Å². The summed E-state index contributed by atoms with van der Waals surface area (Å²) in [7, 11) is 5.25. The quantitative estimate of drug-likeness (QED) is 0.548. The van der Waals surface area contributed by atoms with Crippen molar-refractivity contribution < 1.29 is 14.3 Å². The summed E-state index contributed by atoms with van der Waals surface area (Å²) in [5.41, 5.74) is 1.87. The van der Waals surface area contributed by atoms with Gasteiger partial charge in [-0.2, -0.15) is 5.10 Å². The molecule has 1 amide bonds. The number of ether oxygens (including phenoxy) is 2. The number of aryl methyl sites for hydroxylation is 1. The van der Waals surface area contributed by atoms with Crippen molar-refractivity contribution in [3.8, 4) is 11.5 Å². The standard InChI is InChI=1S/C23H32N6O3/c1-24-23(28-10-11-29(22(30)16-28)18-14-26-27(2)15-18)25-13-17-8-9-20(31-3)12-21(17)32-19-6-4-5-7-19/h8-9,12,14-15,19H,4-7,10-11,13,16H2,1-3H3,(H,24,25). The smallest absolute Gasteiger partial charge is 0.246 e. The molecule has 4 rings (SSSR count). The first-order valence-corrected chi connectivity index (χ1v) is 11.2. The second kappa shape index (κ2) is 9.93. The number of rotatable bonds is 6. The van der Waals surface area contributed by atoms with Gasteiger partial charge in [0.1, 0.15) is 18.0 Å². The molecule has 1 aliphatic carbocycles. The molecule has 172 valence electrons. The van der Waals surface area contributed by atoms with Gasteiger partial charge in [-0.3, -0.25) is 14.5 Å². The Hall–Kier alpha value is -3.23. The van der Waals surface area contributed by atoms with Crippen molar-refractivity contribution in [1.82, 2.24) is 20.0 Å². The minimum absolute atomic E-state index is 0.0295. The van der Waals surface area contributed by atoms with E-state index < -0.39 is 0 Å². The third kappa shape index (κ3) is 4.98. The van der Waals surface area contributed by atoms with Crippen LogP contribution in [0.3, 0.4) is 0 Å². The maximum atomic E-state index is 12.8. The Bertz CT molecular complexity index is 966. The number of nitrogens with zero attached hydrogens (tertiary/aromatic N) is 5.